The third-order valence-electron chi connectivity index (χ3n) is 4.41. The Balaban J connectivity index is 2.06. The summed E-state index contributed by atoms with van der Waals surface area (Å²) < 4.78 is 7.24. The van der Waals surface area contributed by atoms with Gasteiger partial charge in [-0.2, -0.15) is 0 Å². The monoisotopic (exact) mass is 383 g/mol. The van der Waals surface area contributed by atoms with Gasteiger partial charge in [0.1, 0.15) is 0 Å². The molecule has 0 fully saturated rings. The number of carbonyl (C=O) groups excluding carboxylic acids is 1. The third kappa shape index (κ3) is 2.86. The molecule has 8 heteroatoms. The van der Waals surface area contributed by atoms with Crippen LogP contribution in [0.2, 0.25) is 0 Å². The second-order valence-electron chi connectivity index (χ2n) is 6.01. The summed E-state index contributed by atoms with van der Waals surface area (Å²) in [5, 5.41) is 5.14. The molecule has 1 aliphatic rings. The van der Waals surface area contributed by atoms with Crippen LogP contribution in [0.4, 0.5) is 5.69 Å². The molecular weight excluding hydrogens is 364 g/mol. The second kappa shape index (κ2) is 7.03. The number of amides is 1. The molecule has 3 heterocycles. The maximum absolute atomic E-state index is 12.9. The summed E-state index contributed by atoms with van der Waals surface area (Å²) in [6, 6.07) is 10.9. The van der Waals surface area contributed by atoms with Crippen molar-refractivity contribution in [3.8, 4) is 11.3 Å². The SMILES string of the molecule is CCSc1n[n+]2c(c(=O)[nH]1)-c1ccccc1N(C(=O)CC)[C@@H]2c1ccco1. The van der Waals surface area contributed by atoms with E-state index < -0.39 is 6.17 Å². The van der Waals surface area contributed by atoms with Gasteiger partial charge >= 0.3 is 17.4 Å². The number of para-hydroxylation sites is 1. The van der Waals surface area contributed by atoms with Crippen molar-refractivity contribution in [3.05, 3.63) is 58.8 Å². The largest absolute Gasteiger partial charge is 0.460 e. The maximum atomic E-state index is 12.9. The van der Waals surface area contributed by atoms with Gasteiger partial charge in [-0.25, -0.2) is 4.90 Å². The summed E-state index contributed by atoms with van der Waals surface area (Å²) in [5.41, 5.74) is 1.51. The Hall–Kier alpha value is -2.87. The van der Waals surface area contributed by atoms with Gasteiger partial charge in [0, 0.05) is 11.5 Å². The zero-order valence-electron chi connectivity index (χ0n) is 15.0. The maximum Gasteiger partial charge on any atom is 0.325 e. The molecule has 0 spiro atoms. The van der Waals surface area contributed by atoms with Crippen LogP contribution in [0.15, 0.2) is 57.0 Å². The Morgan fingerprint density at radius 2 is 2.11 bits per heavy atom. The minimum Gasteiger partial charge on any atom is -0.460 e. The molecule has 0 saturated heterocycles. The molecule has 3 aromatic rings. The van der Waals surface area contributed by atoms with Gasteiger partial charge in [0.25, 0.3) is 0 Å². The smallest absolute Gasteiger partial charge is 0.325 e. The van der Waals surface area contributed by atoms with Crippen LogP contribution in [0.3, 0.4) is 0 Å². The molecule has 0 unspecified atom stereocenters. The van der Waals surface area contributed by atoms with Crippen molar-refractivity contribution in [3.63, 3.8) is 0 Å². The second-order valence-corrected chi connectivity index (χ2v) is 7.26. The molecule has 1 N–H and O–H groups in total. The first-order chi connectivity index (χ1) is 13.2. The van der Waals surface area contributed by atoms with E-state index in [-0.39, 0.29) is 11.5 Å². The number of hydrogen-bond donors (Lipinski definition) is 1. The summed E-state index contributed by atoms with van der Waals surface area (Å²) in [6.07, 6.45) is 1.22. The van der Waals surface area contributed by atoms with E-state index >= 15 is 0 Å². The average molecular weight is 383 g/mol. The van der Waals surface area contributed by atoms with Crippen molar-refractivity contribution in [1.82, 2.24) is 10.1 Å². The Kier molecular flexibility index (Phi) is 4.57. The highest BCUT2D eigenvalue weighted by atomic mass is 32.2. The van der Waals surface area contributed by atoms with Crippen LogP contribution in [0, 0.1) is 0 Å². The fourth-order valence-corrected chi connectivity index (χ4v) is 3.89. The highest BCUT2D eigenvalue weighted by Gasteiger charge is 2.46. The van der Waals surface area contributed by atoms with Gasteiger partial charge in [-0.1, -0.05) is 37.7 Å². The third-order valence-corrected chi connectivity index (χ3v) is 5.15. The van der Waals surface area contributed by atoms with Crippen LogP contribution < -0.4 is 15.1 Å². The number of carbonyl (C=O) groups is 1. The number of H-pyrrole nitrogens is 1. The van der Waals surface area contributed by atoms with Gasteiger partial charge in [0.15, 0.2) is 5.76 Å². The number of thioether (sulfide) groups is 1. The fraction of sp³-hybridized carbons (Fsp3) is 0.263. The first kappa shape index (κ1) is 17.5. The number of benzene rings is 1. The number of nitrogens with one attached hydrogen (secondary N) is 1. The van der Waals surface area contributed by atoms with E-state index in [1.807, 2.05) is 38.1 Å². The van der Waals surface area contributed by atoms with E-state index in [1.54, 1.807) is 28.0 Å². The standard InChI is InChI=1S/C19H18N4O3S/c1-3-15(24)22-13-9-6-5-8-12(13)16-17(25)20-19(27-4-2)21-23(16)18(22)14-10-7-11-26-14/h5-11,18H,3-4H2,1-2H3/p+1/t18-/m0/s1. The molecule has 4 rings (SSSR count). The van der Waals surface area contributed by atoms with E-state index in [0.29, 0.717) is 34.3 Å². The molecule has 1 aromatic carbocycles. The molecule has 1 atom stereocenters. The van der Waals surface area contributed by atoms with Gasteiger partial charge in [-0.15, -0.1) is 0 Å². The summed E-state index contributed by atoms with van der Waals surface area (Å²) >= 11 is 1.44. The first-order valence-corrected chi connectivity index (χ1v) is 9.78. The Morgan fingerprint density at radius 3 is 2.81 bits per heavy atom. The Bertz CT molecular complexity index is 1050. The van der Waals surface area contributed by atoms with Crippen molar-refractivity contribution in [2.24, 2.45) is 0 Å². The van der Waals surface area contributed by atoms with Gasteiger partial charge in [0.05, 0.1) is 17.5 Å². The van der Waals surface area contributed by atoms with E-state index in [2.05, 4.69) is 10.1 Å². The van der Waals surface area contributed by atoms with Gasteiger partial charge < -0.3 is 4.42 Å². The topological polar surface area (TPSA) is 83.1 Å². The number of fused-ring (bicyclic) bond motifs is 3. The lowest BCUT2D eigenvalue weighted by Crippen LogP contribution is -2.60. The number of furan rings is 1. The highest BCUT2D eigenvalue weighted by molar-refractivity contribution is 7.99. The normalized spacial score (nSPS) is 15.3. The highest BCUT2D eigenvalue weighted by Crippen LogP contribution is 2.37. The fourth-order valence-electron chi connectivity index (χ4n) is 3.31. The molecule has 27 heavy (non-hydrogen) atoms. The molecule has 1 amide bonds. The van der Waals surface area contributed by atoms with Crippen molar-refractivity contribution in [2.45, 2.75) is 31.6 Å². The lowest BCUT2D eigenvalue weighted by atomic mass is 10.0. The van der Waals surface area contributed by atoms with Crippen LogP contribution in [0.25, 0.3) is 11.3 Å². The predicted molar refractivity (Wildman–Crippen MR) is 102 cm³/mol. The number of anilines is 1. The van der Waals surface area contributed by atoms with Gasteiger partial charge in [-0.3, -0.25) is 14.6 Å². The average Bonchev–Trinajstić information content (AvgIpc) is 3.20. The quantitative estimate of drug-likeness (QED) is 0.553. The van der Waals surface area contributed by atoms with Crippen molar-refractivity contribution in [1.29, 1.82) is 0 Å². The van der Waals surface area contributed by atoms with E-state index in [0.717, 1.165) is 5.75 Å². The lowest BCUT2D eigenvalue weighted by Gasteiger charge is -2.30. The molecule has 0 saturated carbocycles. The number of hydrogen-bond acceptors (Lipinski definition) is 5. The van der Waals surface area contributed by atoms with E-state index in [4.69, 9.17) is 4.42 Å². The Morgan fingerprint density at radius 1 is 1.30 bits per heavy atom. The van der Waals surface area contributed by atoms with Gasteiger partial charge in [-0.05, 0) is 34.7 Å². The van der Waals surface area contributed by atoms with E-state index in [9.17, 15) is 9.59 Å². The number of aromatic nitrogens is 3. The van der Waals surface area contributed by atoms with Gasteiger partial charge in [0.2, 0.25) is 11.1 Å². The molecule has 1 aliphatic heterocycles. The lowest BCUT2D eigenvalue weighted by molar-refractivity contribution is -0.764. The molecule has 138 valence electrons. The minimum absolute atomic E-state index is 0.0752. The molecule has 0 aliphatic carbocycles. The summed E-state index contributed by atoms with van der Waals surface area (Å²) in [4.78, 5) is 30.3. The summed E-state index contributed by atoms with van der Waals surface area (Å²) in [7, 11) is 0. The first-order valence-electron chi connectivity index (χ1n) is 8.79. The van der Waals surface area contributed by atoms with Crippen LogP contribution in [-0.4, -0.2) is 21.7 Å². The van der Waals surface area contributed by atoms with Crippen molar-refractivity contribution >= 4 is 23.4 Å². The number of rotatable bonds is 4. The molecule has 7 nitrogen and oxygen atoms in total. The van der Waals surface area contributed by atoms with Crippen molar-refractivity contribution < 1.29 is 13.9 Å². The van der Waals surface area contributed by atoms with Crippen LogP contribution in [0.1, 0.15) is 32.2 Å². The molecule has 0 radical (unpaired) electrons. The summed E-state index contributed by atoms with van der Waals surface area (Å²) in [5.74, 6) is 1.24. The van der Waals surface area contributed by atoms with Crippen LogP contribution in [-0.2, 0) is 4.79 Å². The van der Waals surface area contributed by atoms with Crippen molar-refractivity contribution in [2.75, 3.05) is 10.7 Å². The molecular formula is C19H19N4O3S+. The van der Waals surface area contributed by atoms with Crippen LogP contribution >= 0.6 is 11.8 Å². The predicted octanol–water partition coefficient (Wildman–Crippen LogP) is 2.73. The Labute approximate surface area is 160 Å². The minimum atomic E-state index is -0.657. The number of nitrogens with zero attached hydrogens (tertiary/aromatic N) is 3. The number of aromatic amines is 1. The van der Waals surface area contributed by atoms with E-state index in [1.165, 1.54) is 11.8 Å². The van der Waals surface area contributed by atoms with Crippen LogP contribution in [0.5, 0.6) is 0 Å². The zero-order valence-corrected chi connectivity index (χ0v) is 15.8. The molecule has 0 bridgehead atoms. The summed E-state index contributed by atoms with van der Waals surface area (Å²) in [6.45, 7) is 3.80. The molecule has 2 aromatic heterocycles. The zero-order chi connectivity index (χ0) is 19.0.